The van der Waals surface area contributed by atoms with Crippen LogP contribution in [0.2, 0.25) is 0 Å². The summed E-state index contributed by atoms with van der Waals surface area (Å²) in [5.41, 5.74) is -1.09. The van der Waals surface area contributed by atoms with Gasteiger partial charge in [-0.1, -0.05) is 12.1 Å². The Hall–Kier alpha value is -2.51. The van der Waals surface area contributed by atoms with Gasteiger partial charge in [0.15, 0.2) is 5.69 Å². The molecule has 1 N–H and O–H groups in total. The molecular formula is C13H11F3N2O3. The first-order valence-electron chi connectivity index (χ1n) is 5.83. The number of aromatic carboxylic acids is 1. The second-order valence-corrected chi connectivity index (χ2v) is 4.24. The van der Waals surface area contributed by atoms with Crippen molar-refractivity contribution in [3.05, 3.63) is 47.5 Å². The molecule has 2 aromatic rings. The van der Waals surface area contributed by atoms with Crippen LogP contribution in [-0.4, -0.2) is 20.6 Å². The number of carboxylic acids is 1. The molecule has 0 saturated carbocycles. The monoisotopic (exact) mass is 300 g/mol. The average molecular weight is 300 g/mol. The normalized spacial score (nSPS) is 11.4. The molecule has 112 valence electrons. The van der Waals surface area contributed by atoms with Crippen LogP contribution in [0, 0.1) is 0 Å². The molecule has 0 atom stereocenters. The van der Waals surface area contributed by atoms with E-state index in [0.717, 1.165) is 6.07 Å². The third-order valence-corrected chi connectivity index (χ3v) is 2.74. The maximum atomic E-state index is 12.8. The predicted molar refractivity (Wildman–Crippen MR) is 65.9 cm³/mol. The summed E-state index contributed by atoms with van der Waals surface area (Å²) in [6.07, 6.45) is -3.26. The van der Waals surface area contributed by atoms with Crippen molar-refractivity contribution in [3.63, 3.8) is 0 Å². The number of hydrogen-bond donors (Lipinski definition) is 1. The Morgan fingerprint density at radius 3 is 2.62 bits per heavy atom. The Morgan fingerprint density at radius 2 is 2.05 bits per heavy atom. The molecule has 0 spiro atoms. The van der Waals surface area contributed by atoms with Gasteiger partial charge in [0.05, 0.1) is 5.56 Å². The molecule has 0 bridgehead atoms. The van der Waals surface area contributed by atoms with Crippen LogP contribution in [0.3, 0.4) is 0 Å². The standard InChI is InChI=1S/C13H11F3N2O3/c1-18-6-9(12(19)20)17-11(18)7-21-10-5-3-2-4-8(10)13(14,15)16/h2-6H,7H2,1H3,(H,19,20). The van der Waals surface area contributed by atoms with Crippen molar-refractivity contribution in [1.29, 1.82) is 0 Å². The molecule has 0 aliphatic carbocycles. The molecule has 8 heteroatoms. The molecule has 0 fully saturated rings. The predicted octanol–water partition coefficient (Wildman–Crippen LogP) is 2.72. The molecule has 0 aliphatic rings. The molecule has 0 saturated heterocycles. The Kier molecular flexibility index (Phi) is 3.88. The van der Waals surface area contributed by atoms with Crippen molar-refractivity contribution < 1.29 is 27.8 Å². The second-order valence-electron chi connectivity index (χ2n) is 4.24. The first-order chi connectivity index (χ1) is 9.79. The lowest BCUT2D eigenvalue weighted by molar-refractivity contribution is -0.139. The second kappa shape index (κ2) is 5.47. The van der Waals surface area contributed by atoms with Crippen LogP contribution in [0.25, 0.3) is 0 Å². The summed E-state index contributed by atoms with van der Waals surface area (Å²) in [6, 6.07) is 4.80. The van der Waals surface area contributed by atoms with Gasteiger partial charge in [0.25, 0.3) is 0 Å². The Labute approximate surface area is 117 Å². The number of nitrogens with zero attached hydrogens (tertiary/aromatic N) is 2. The molecule has 0 amide bonds. The van der Waals surface area contributed by atoms with Gasteiger partial charge in [0, 0.05) is 13.2 Å². The third kappa shape index (κ3) is 3.33. The van der Waals surface area contributed by atoms with E-state index in [1.807, 2.05) is 0 Å². The number of alkyl halides is 3. The Balaban J connectivity index is 2.19. The SMILES string of the molecule is Cn1cc(C(=O)O)nc1COc1ccccc1C(F)(F)F. The summed E-state index contributed by atoms with van der Waals surface area (Å²) in [4.78, 5) is 14.5. The minimum absolute atomic E-state index is 0.194. The molecule has 21 heavy (non-hydrogen) atoms. The van der Waals surface area contributed by atoms with Gasteiger partial charge in [-0.15, -0.1) is 0 Å². The van der Waals surface area contributed by atoms with Crippen LogP contribution in [0.5, 0.6) is 5.75 Å². The number of carbonyl (C=O) groups is 1. The van der Waals surface area contributed by atoms with E-state index < -0.39 is 17.7 Å². The summed E-state index contributed by atoms with van der Waals surface area (Å²) in [5.74, 6) is -1.33. The van der Waals surface area contributed by atoms with E-state index in [4.69, 9.17) is 9.84 Å². The lowest BCUT2D eigenvalue weighted by atomic mass is 10.2. The molecule has 2 rings (SSSR count). The third-order valence-electron chi connectivity index (χ3n) is 2.74. The molecule has 1 aromatic heterocycles. The van der Waals surface area contributed by atoms with Crippen LogP contribution in [0.1, 0.15) is 21.9 Å². The Morgan fingerprint density at radius 1 is 1.38 bits per heavy atom. The molecule has 0 aliphatic heterocycles. The number of aryl methyl sites for hydroxylation is 1. The number of ether oxygens (including phenoxy) is 1. The lowest BCUT2D eigenvalue weighted by Crippen LogP contribution is -2.10. The number of para-hydroxylation sites is 1. The minimum atomic E-state index is -4.52. The van der Waals surface area contributed by atoms with E-state index in [9.17, 15) is 18.0 Å². The number of hydrogen-bond acceptors (Lipinski definition) is 3. The van der Waals surface area contributed by atoms with Crippen molar-refractivity contribution in [2.45, 2.75) is 12.8 Å². The highest BCUT2D eigenvalue weighted by molar-refractivity contribution is 5.85. The summed E-state index contributed by atoms with van der Waals surface area (Å²) >= 11 is 0. The summed E-state index contributed by atoms with van der Waals surface area (Å²) in [5, 5.41) is 8.79. The topological polar surface area (TPSA) is 64.4 Å². The van der Waals surface area contributed by atoms with Gasteiger partial charge in [-0.3, -0.25) is 0 Å². The van der Waals surface area contributed by atoms with Crippen molar-refractivity contribution >= 4 is 5.97 Å². The minimum Gasteiger partial charge on any atom is -0.485 e. The lowest BCUT2D eigenvalue weighted by Gasteiger charge is -2.13. The number of imidazole rings is 1. The van der Waals surface area contributed by atoms with Crippen molar-refractivity contribution in [2.24, 2.45) is 7.05 Å². The quantitative estimate of drug-likeness (QED) is 0.943. The van der Waals surface area contributed by atoms with Gasteiger partial charge in [-0.2, -0.15) is 13.2 Å². The molecular weight excluding hydrogens is 289 g/mol. The van der Waals surface area contributed by atoms with E-state index in [2.05, 4.69) is 4.98 Å². The van der Waals surface area contributed by atoms with E-state index in [1.165, 1.54) is 36.0 Å². The molecule has 0 unspecified atom stereocenters. The maximum absolute atomic E-state index is 12.8. The van der Waals surface area contributed by atoms with Crippen LogP contribution < -0.4 is 4.74 Å². The van der Waals surface area contributed by atoms with Gasteiger partial charge in [-0.25, -0.2) is 9.78 Å². The van der Waals surface area contributed by atoms with Gasteiger partial charge >= 0.3 is 12.1 Å². The maximum Gasteiger partial charge on any atom is 0.419 e. The van der Waals surface area contributed by atoms with E-state index in [0.29, 0.717) is 0 Å². The number of aromatic nitrogens is 2. The molecule has 5 nitrogen and oxygen atoms in total. The van der Waals surface area contributed by atoms with Crippen LogP contribution in [0.15, 0.2) is 30.5 Å². The van der Waals surface area contributed by atoms with Crippen molar-refractivity contribution in [2.75, 3.05) is 0 Å². The highest BCUT2D eigenvalue weighted by Gasteiger charge is 2.34. The van der Waals surface area contributed by atoms with Gasteiger partial charge in [0.1, 0.15) is 18.2 Å². The summed E-state index contributed by atoms with van der Waals surface area (Å²) in [7, 11) is 1.54. The first-order valence-corrected chi connectivity index (χ1v) is 5.83. The van der Waals surface area contributed by atoms with Gasteiger partial charge < -0.3 is 14.4 Å². The fraction of sp³-hybridized carbons (Fsp3) is 0.231. The summed E-state index contributed by atoms with van der Waals surface area (Å²) < 4.78 is 44.9. The average Bonchev–Trinajstić information content (AvgIpc) is 2.77. The van der Waals surface area contributed by atoms with E-state index >= 15 is 0 Å². The van der Waals surface area contributed by atoms with Crippen molar-refractivity contribution in [3.8, 4) is 5.75 Å². The molecule has 1 aromatic carbocycles. The van der Waals surface area contributed by atoms with Crippen LogP contribution >= 0.6 is 0 Å². The van der Waals surface area contributed by atoms with Gasteiger partial charge in [-0.05, 0) is 12.1 Å². The summed E-state index contributed by atoms with van der Waals surface area (Å²) in [6.45, 7) is -0.267. The first kappa shape index (κ1) is 14.9. The largest absolute Gasteiger partial charge is 0.485 e. The highest BCUT2D eigenvalue weighted by Crippen LogP contribution is 2.36. The molecule has 0 radical (unpaired) electrons. The Bertz CT molecular complexity index is 665. The van der Waals surface area contributed by atoms with Gasteiger partial charge in [0.2, 0.25) is 0 Å². The van der Waals surface area contributed by atoms with E-state index in [-0.39, 0.29) is 23.9 Å². The fourth-order valence-corrected chi connectivity index (χ4v) is 1.71. The smallest absolute Gasteiger partial charge is 0.419 e. The molecule has 1 heterocycles. The van der Waals surface area contributed by atoms with Crippen molar-refractivity contribution in [1.82, 2.24) is 9.55 Å². The number of halogens is 3. The number of carboxylic acid groups (broad SMARTS) is 1. The number of rotatable bonds is 4. The zero-order valence-electron chi connectivity index (χ0n) is 10.9. The zero-order chi connectivity index (χ0) is 15.6. The fourth-order valence-electron chi connectivity index (χ4n) is 1.71. The van der Waals surface area contributed by atoms with E-state index in [1.54, 1.807) is 0 Å². The zero-order valence-corrected chi connectivity index (χ0v) is 10.9. The van der Waals surface area contributed by atoms with Crippen LogP contribution in [-0.2, 0) is 19.8 Å². The number of benzene rings is 1. The van der Waals surface area contributed by atoms with Crippen LogP contribution in [0.4, 0.5) is 13.2 Å². The highest BCUT2D eigenvalue weighted by atomic mass is 19.4.